The minimum Gasteiger partial charge on any atom is -0.460 e. The zero-order chi connectivity index (χ0) is 22.3. The quantitative estimate of drug-likeness (QED) is 0.371. The van der Waals surface area contributed by atoms with Gasteiger partial charge in [-0.05, 0) is 38.8 Å². The van der Waals surface area contributed by atoms with Gasteiger partial charge in [0.25, 0.3) is 0 Å². The number of allylic oxidation sites excluding steroid dienone is 1. The summed E-state index contributed by atoms with van der Waals surface area (Å²) in [5.74, 6) is 0.181. The van der Waals surface area contributed by atoms with E-state index in [0.29, 0.717) is 36.6 Å². The zero-order valence-corrected chi connectivity index (χ0v) is 18.6. The predicted octanol–water partition coefficient (Wildman–Crippen LogP) is 4.54. The minimum absolute atomic E-state index is 0.230. The first-order chi connectivity index (χ1) is 14.9. The van der Waals surface area contributed by atoms with Crippen molar-refractivity contribution < 1.29 is 9.53 Å². The highest BCUT2D eigenvalue weighted by Gasteiger charge is 2.19. The van der Waals surface area contributed by atoms with Crippen LogP contribution in [0.3, 0.4) is 0 Å². The molecular weight excluding hydrogens is 410 g/mol. The molecule has 0 fully saturated rings. The molecule has 0 aliphatic carbocycles. The molecule has 2 aromatic rings. The number of thioether (sulfide) groups is 1. The molecule has 0 amide bonds. The average molecular weight is 436 g/mol. The maximum Gasteiger partial charge on any atom is 0.306 e. The number of esters is 1. The van der Waals surface area contributed by atoms with Gasteiger partial charge >= 0.3 is 5.97 Å². The van der Waals surface area contributed by atoms with Crippen molar-refractivity contribution in [3.8, 4) is 6.07 Å². The highest BCUT2D eigenvalue weighted by Crippen LogP contribution is 2.34. The van der Waals surface area contributed by atoms with Crippen molar-refractivity contribution in [2.24, 2.45) is 0 Å². The number of rotatable bonds is 7. The van der Waals surface area contributed by atoms with Crippen molar-refractivity contribution in [1.82, 2.24) is 15.3 Å². The van der Waals surface area contributed by atoms with Crippen LogP contribution in [0.25, 0.3) is 11.3 Å². The van der Waals surface area contributed by atoms with Crippen LogP contribution in [0, 0.1) is 11.3 Å². The van der Waals surface area contributed by atoms with Gasteiger partial charge in [-0.25, -0.2) is 9.97 Å². The molecule has 1 aliphatic heterocycles. The molecule has 0 atom stereocenters. The molecule has 1 aromatic heterocycles. The summed E-state index contributed by atoms with van der Waals surface area (Å²) in [5.41, 5.74) is 2.50. The highest BCUT2D eigenvalue weighted by molar-refractivity contribution is 8.06. The second-order valence-electron chi connectivity index (χ2n) is 7.84. The largest absolute Gasteiger partial charge is 0.460 e. The Bertz CT molecular complexity index is 1040. The van der Waals surface area contributed by atoms with Gasteiger partial charge in [-0.15, -0.1) is 0 Å². The second-order valence-corrected chi connectivity index (χ2v) is 8.72. The van der Waals surface area contributed by atoms with E-state index in [-0.39, 0.29) is 5.97 Å². The number of ether oxygens (including phenoxy) is 1. The lowest BCUT2D eigenvalue weighted by Gasteiger charge is -2.19. The number of aromatic nitrogens is 2. The smallest absolute Gasteiger partial charge is 0.306 e. The first kappa shape index (κ1) is 22.4. The third-order valence-corrected chi connectivity index (χ3v) is 5.03. The van der Waals surface area contributed by atoms with Crippen molar-refractivity contribution in [1.29, 1.82) is 5.26 Å². The van der Waals surface area contributed by atoms with E-state index in [2.05, 4.69) is 26.7 Å². The van der Waals surface area contributed by atoms with Gasteiger partial charge in [-0.3, -0.25) is 4.79 Å². The highest BCUT2D eigenvalue weighted by atomic mass is 32.2. The van der Waals surface area contributed by atoms with E-state index in [0.717, 1.165) is 16.3 Å². The topological polar surface area (TPSA) is 99.9 Å². The fraction of sp³-hybridized carbons (Fsp3) is 0.304. The molecule has 0 spiro atoms. The van der Waals surface area contributed by atoms with E-state index in [4.69, 9.17) is 4.74 Å². The molecule has 0 radical (unpaired) electrons. The normalized spacial score (nSPS) is 14.8. The summed E-state index contributed by atoms with van der Waals surface area (Å²) in [6.07, 6.45) is 2.52. The number of nitrogens with zero attached hydrogens (tertiary/aromatic N) is 3. The van der Waals surface area contributed by atoms with Crippen LogP contribution in [0.15, 0.2) is 53.0 Å². The van der Waals surface area contributed by atoms with Gasteiger partial charge < -0.3 is 15.4 Å². The Morgan fingerprint density at radius 2 is 2.03 bits per heavy atom. The Morgan fingerprint density at radius 3 is 2.74 bits per heavy atom. The molecule has 1 aromatic carbocycles. The molecule has 0 unspecified atom stereocenters. The molecule has 1 aliphatic rings. The van der Waals surface area contributed by atoms with Crippen molar-refractivity contribution in [2.45, 2.75) is 39.2 Å². The van der Waals surface area contributed by atoms with E-state index < -0.39 is 5.60 Å². The number of benzene rings is 1. The number of carbonyl (C=O) groups excluding carboxylic acids is 1. The molecule has 0 saturated carbocycles. The summed E-state index contributed by atoms with van der Waals surface area (Å²) in [7, 11) is 0. The van der Waals surface area contributed by atoms with E-state index >= 15 is 0 Å². The average Bonchev–Trinajstić information content (AvgIpc) is 3.21. The zero-order valence-electron chi connectivity index (χ0n) is 17.8. The van der Waals surface area contributed by atoms with Gasteiger partial charge in [-0.1, -0.05) is 42.1 Å². The lowest BCUT2D eigenvalue weighted by atomic mass is 10.1. The summed E-state index contributed by atoms with van der Waals surface area (Å²) >= 11 is 1.46. The standard InChI is InChI=1S/C23H25N5O2S/c1-23(2,3)30-20(29)10-7-12-25-22-26-13-11-18(28-22)17(14-24)21-27-19(15-31-21)16-8-5-4-6-9-16/h4-6,8-9,11,13,15,27H,7,10,12H2,1-3H3,(H,25,26,28)/b21-17+. The second kappa shape index (κ2) is 10.1. The maximum absolute atomic E-state index is 11.8. The summed E-state index contributed by atoms with van der Waals surface area (Å²) < 4.78 is 5.30. The number of anilines is 1. The summed E-state index contributed by atoms with van der Waals surface area (Å²) in [4.78, 5) is 20.5. The molecular formula is C23H25N5O2S. The summed E-state index contributed by atoms with van der Waals surface area (Å²) in [6, 6.07) is 13.9. The van der Waals surface area contributed by atoms with Crippen LogP contribution >= 0.6 is 11.8 Å². The van der Waals surface area contributed by atoms with Crippen molar-refractivity contribution in [2.75, 3.05) is 11.9 Å². The van der Waals surface area contributed by atoms with E-state index in [1.807, 2.05) is 56.5 Å². The van der Waals surface area contributed by atoms with Gasteiger partial charge in [0.1, 0.15) is 17.2 Å². The van der Waals surface area contributed by atoms with E-state index in [1.54, 1.807) is 12.3 Å². The molecule has 7 nitrogen and oxygen atoms in total. The third kappa shape index (κ3) is 6.59. The molecule has 8 heteroatoms. The molecule has 2 heterocycles. The fourth-order valence-corrected chi connectivity index (χ4v) is 3.68. The number of carbonyl (C=O) groups is 1. The maximum atomic E-state index is 11.8. The number of nitrogens with one attached hydrogen (secondary N) is 2. The fourth-order valence-electron chi connectivity index (χ4n) is 2.81. The number of hydrogen-bond acceptors (Lipinski definition) is 8. The lowest BCUT2D eigenvalue weighted by Crippen LogP contribution is -2.24. The Hall–Kier alpha value is -3.31. The summed E-state index contributed by atoms with van der Waals surface area (Å²) in [5, 5.41) is 18.9. The van der Waals surface area contributed by atoms with Crippen LogP contribution in [0.5, 0.6) is 0 Å². The van der Waals surface area contributed by atoms with Crippen molar-refractivity contribution in [3.63, 3.8) is 0 Å². The molecule has 3 rings (SSSR count). The minimum atomic E-state index is -0.481. The van der Waals surface area contributed by atoms with E-state index in [1.165, 1.54) is 11.8 Å². The first-order valence-corrected chi connectivity index (χ1v) is 10.9. The molecule has 31 heavy (non-hydrogen) atoms. The molecule has 0 saturated heterocycles. The van der Waals surface area contributed by atoms with Crippen molar-refractivity contribution in [3.05, 3.63) is 64.3 Å². The van der Waals surface area contributed by atoms with Gasteiger partial charge in [0, 0.05) is 24.6 Å². The SMILES string of the molecule is CC(C)(C)OC(=O)CCCNc1nccc(/C(C#N)=C2\NC(c3ccccc3)=CS2)n1. The van der Waals surface area contributed by atoms with Gasteiger partial charge in [0.05, 0.1) is 16.4 Å². The number of nitriles is 1. The first-order valence-electron chi connectivity index (χ1n) is 9.98. The Kier molecular flexibility index (Phi) is 7.32. The number of hydrogen-bond donors (Lipinski definition) is 2. The molecule has 0 bridgehead atoms. The monoisotopic (exact) mass is 435 g/mol. The van der Waals surface area contributed by atoms with Crippen molar-refractivity contribution >= 4 is 34.9 Å². The molecule has 2 N–H and O–H groups in total. The van der Waals surface area contributed by atoms with Crippen LogP contribution in [0.2, 0.25) is 0 Å². The molecule has 160 valence electrons. The van der Waals surface area contributed by atoms with Crippen LogP contribution in [-0.2, 0) is 9.53 Å². The van der Waals surface area contributed by atoms with Crippen LogP contribution < -0.4 is 10.6 Å². The Balaban J connectivity index is 1.61. The van der Waals surface area contributed by atoms with E-state index in [9.17, 15) is 10.1 Å². The third-order valence-electron chi connectivity index (χ3n) is 4.14. The summed E-state index contributed by atoms with van der Waals surface area (Å²) in [6.45, 7) is 6.06. The Morgan fingerprint density at radius 1 is 1.26 bits per heavy atom. The van der Waals surface area contributed by atoms with Crippen LogP contribution in [0.1, 0.15) is 44.9 Å². The van der Waals surface area contributed by atoms with Gasteiger partial charge in [0.2, 0.25) is 5.95 Å². The predicted molar refractivity (Wildman–Crippen MR) is 123 cm³/mol. The van der Waals surface area contributed by atoms with Gasteiger partial charge in [-0.2, -0.15) is 5.26 Å². The lowest BCUT2D eigenvalue weighted by molar-refractivity contribution is -0.154. The van der Waals surface area contributed by atoms with Crippen LogP contribution in [0.4, 0.5) is 5.95 Å². The van der Waals surface area contributed by atoms with Gasteiger partial charge in [0.15, 0.2) is 0 Å². The Labute approximate surface area is 186 Å². The van der Waals surface area contributed by atoms with Crippen LogP contribution in [-0.4, -0.2) is 28.1 Å².